The molecule has 0 aromatic carbocycles. The minimum absolute atomic E-state index is 0.00667. The fraction of sp³-hybridized carbons (Fsp3) is 0.778. The molecule has 0 aliphatic carbocycles. The first-order valence-electron chi connectivity index (χ1n) is 5.94. The maximum absolute atomic E-state index is 11.6. The van der Waals surface area contributed by atoms with E-state index in [2.05, 4.69) is 25.0 Å². The van der Waals surface area contributed by atoms with Crippen LogP contribution in [0.4, 0.5) is 6.01 Å². The molecule has 9 nitrogen and oxygen atoms in total. The Morgan fingerprint density at radius 1 is 1.53 bits per heavy atom. The molecular formula is C9H17N5O4S. The van der Waals surface area contributed by atoms with Crippen molar-refractivity contribution < 1.29 is 17.6 Å². The van der Waals surface area contributed by atoms with Crippen LogP contribution >= 0.6 is 0 Å². The summed E-state index contributed by atoms with van der Waals surface area (Å²) in [5.41, 5.74) is 0. The molecule has 10 heteroatoms. The quantitative estimate of drug-likeness (QED) is 0.573. The fourth-order valence-electron chi connectivity index (χ4n) is 1.74. The van der Waals surface area contributed by atoms with Crippen LogP contribution < -0.4 is 14.8 Å². The molecule has 0 spiro atoms. The number of ether oxygens (including phenoxy) is 1. The molecule has 2 heterocycles. The van der Waals surface area contributed by atoms with Crippen molar-refractivity contribution >= 4 is 16.2 Å². The molecule has 1 atom stereocenters. The summed E-state index contributed by atoms with van der Waals surface area (Å²) in [7, 11) is -2.23. The standard InChI is InChI=1S/C9H17N5O4S/c1-17-6-5-11-19(15,16)14-9-13-12-8(18-9)7-3-2-4-10-7/h7,10-11H,2-6H2,1H3,(H,13,14). The number of hydrogen-bond acceptors (Lipinski definition) is 7. The van der Waals surface area contributed by atoms with Crippen LogP contribution in [-0.2, 0) is 14.9 Å². The lowest BCUT2D eigenvalue weighted by Crippen LogP contribution is -2.32. The molecule has 19 heavy (non-hydrogen) atoms. The molecule has 2 rings (SSSR count). The van der Waals surface area contributed by atoms with Gasteiger partial charge in [-0.05, 0) is 19.4 Å². The van der Waals surface area contributed by atoms with E-state index in [-0.39, 0.29) is 25.2 Å². The molecule has 0 bridgehead atoms. The van der Waals surface area contributed by atoms with Crippen molar-refractivity contribution in [2.24, 2.45) is 0 Å². The topological polar surface area (TPSA) is 118 Å². The van der Waals surface area contributed by atoms with Gasteiger partial charge in [0.1, 0.15) is 0 Å². The third-order valence-electron chi connectivity index (χ3n) is 2.62. The molecule has 1 unspecified atom stereocenters. The van der Waals surface area contributed by atoms with E-state index in [4.69, 9.17) is 9.15 Å². The molecule has 1 fully saturated rings. The van der Waals surface area contributed by atoms with Crippen molar-refractivity contribution in [3.63, 3.8) is 0 Å². The Balaban J connectivity index is 1.91. The van der Waals surface area contributed by atoms with Crippen LogP contribution in [0, 0.1) is 0 Å². The summed E-state index contributed by atoms with van der Waals surface area (Å²) in [6.45, 7) is 1.34. The van der Waals surface area contributed by atoms with Gasteiger partial charge in [-0.25, -0.2) is 4.72 Å². The molecule has 3 N–H and O–H groups in total. The highest BCUT2D eigenvalue weighted by molar-refractivity contribution is 7.90. The average Bonchev–Trinajstić information content (AvgIpc) is 2.98. The van der Waals surface area contributed by atoms with Gasteiger partial charge in [0.2, 0.25) is 5.89 Å². The second kappa shape index (κ2) is 6.28. The summed E-state index contributed by atoms with van der Waals surface area (Å²) < 4.78 is 37.6. The smallest absolute Gasteiger partial charge is 0.330 e. The summed E-state index contributed by atoms with van der Waals surface area (Å²) in [6.07, 6.45) is 1.94. The van der Waals surface area contributed by atoms with Gasteiger partial charge >= 0.3 is 16.2 Å². The van der Waals surface area contributed by atoms with E-state index in [1.807, 2.05) is 0 Å². The molecule has 1 aromatic rings. The van der Waals surface area contributed by atoms with Gasteiger partial charge in [0.25, 0.3) is 0 Å². The second-order valence-corrected chi connectivity index (χ2v) is 5.59. The maximum Gasteiger partial charge on any atom is 0.330 e. The van der Waals surface area contributed by atoms with E-state index in [9.17, 15) is 8.42 Å². The zero-order chi connectivity index (χ0) is 13.7. The molecule has 1 saturated heterocycles. The number of rotatable bonds is 7. The Kier molecular flexibility index (Phi) is 4.69. The molecule has 1 aliphatic heterocycles. The highest BCUT2D eigenvalue weighted by atomic mass is 32.2. The molecule has 0 radical (unpaired) electrons. The van der Waals surface area contributed by atoms with Crippen molar-refractivity contribution in [1.29, 1.82) is 0 Å². The van der Waals surface area contributed by atoms with E-state index >= 15 is 0 Å². The summed E-state index contributed by atoms with van der Waals surface area (Å²) in [5.74, 6) is 0.395. The van der Waals surface area contributed by atoms with Gasteiger partial charge in [-0.15, -0.1) is 5.10 Å². The van der Waals surface area contributed by atoms with Crippen LogP contribution in [0.25, 0.3) is 0 Å². The van der Waals surface area contributed by atoms with Gasteiger partial charge in [-0.1, -0.05) is 5.10 Å². The fourth-order valence-corrected chi connectivity index (χ4v) is 2.48. The third kappa shape index (κ3) is 4.13. The number of anilines is 1. The molecular weight excluding hydrogens is 274 g/mol. The van der Waals surface area contributed by atoms with Crippen molar-refractivity contribution in [2.75, 3.05) is 31.5 Å². The lowest BCUT2D eigenvalue weighted by Gasteiger charge is -2.05. The highest BCUT2D eigenvalue weighted by Gasteiger charge is 2.23. The monoisotopic (exact) mass is 291 g/mol. The maximum atomic E-state index is 11.6. The third-order valence-corrected chi connectivity index (χ3v) is 3.65. The van der Waals surface area contributed by atoms with Gasteiger partial charge in [0.05, 0.1) is 12.6 Å². The van der Waals surface area contributed by atoms with E-state index in [0.717, 1.165) is 19.4 Å². The van der Waals surface area contributed by atoms with Gasteiger partial charge < -0.3 is 14.5 Å². The van der Waals surface area contributed by atoms with Crippen LogP contribution in [0.2, 0.25) is 0 Å². The number of hydrogen-bond donors (Lipinski definition) is 3. The number of nitrogens with one attached hydrogen (secondary N) is 3. The van der Waals surface area contributed by atoms with Gasteiger partial charge in [0.15, 0.2) is 0 Å². The van der Waals surface area contributed by atoms with E-state index in [1.54, 1.807) is 0 Å². The van der Waals surface area contributed by atoms with E-state index in [0.29, 0.717) is 5.89 Å². The Morgan fingerprint density at radius 2 is 2.37 bits per heavy atom. The van der Waals surface area contributed by atoms with Crippen LogP contribution in [0.3, 0.4) is 0 Å². The SMILES string of the molecule is COCCNS(=O)(=O)Nc1nnc(C2CCCN2)o1. The molecule has 0 saturated carbocycles. The molecule has 1 aliphatic rings. The minimum atomic E-state index is -3.71. The predicted octanol–water partition coefficient (Wildman–Crippen LogP) is -0.613. The van der Waals surface area contributed by atoms with Gasteiger partial charge in [-0.2, -0.15) is 13.1 Å². The predicted molar refractivity (Wildman–Crippen MR) is 66.7 cm³/mol. The molecule has 108 valence electrons. The number of aromatic nitrogens is 2. The van der Waals surface area contributed by atoms with E-state index < -0.39 is 10.2 Å². The first-order chi connectivity index (χ1) is 9.11. The summed E-state index contributed by atoms with van der Waals surface area (Å²) >= 11 is 0. The first kappa shape index (κ1) is 14.2. The lowest BCUT2D eigenvalue weighted by molar-refractivity contribution is 0.204. The van der Waals surface area contributed by atoms with E-state index in [1.165, 1.54) is 7.11 Å². The molecule has 0 amide bonds. The summed E-state index contributed by atoms with van der Waals surface area (Å²) in [6, 6.07) is -0.138. The molecule has 1 aromatic heterocycles. The Morgan fingerprint density at radius 3 is 3.05 bits per heavy atom. The summed E-state index contributed by atoms with van der Waals surface area (Å²) in [5, 5.41) is 10.7. The van der Waals surface area contributed by atoms with Crippen molar-refractivity contribution in [3.8, 4) is 0 Å². The number of nitrogens with zero attached hydrogens (tertiary/aromatic N) is 2. The van der Waals surface area contributed by atoms with Crippen LogP contribution in [0.1, 0.15) is 24.8 Å². The van der Waals surface area contributed by atoms with Crippen molar-refractivity contribution in [1.82, 2.24) is 20.2 Å². The Bertz CT molecular complexity index is 496. The van der Waals surface area contributed by atoms with Crippen molar-refractivity contribution in [2.45, 2.75) is 18.9 Å². The lowest BCUT2D eigenvalue weighted by atomic mass is 10.2. The first-order valence-corrected chi connectivity index (χ1v) is 7.42. The van der Waals surface area contributed by atoms with Crippen molar-refractivity contribution in [3.05, 3.63) is 5.89 Å². The summed E-state index contributed by atoms with van der Waals surface area (Å²) in [4.78, 5) is 0. The number of methoxy groups -OCH3 is 1. The van der Waals surface area contributed by atoms with Crippen LogP contribution in [-0.4, -0.2) is 45.4 Å². The van der Waals surface area contributed by atoms with Gasteiger partial charge in [0, 0.05) is 13.7 Å². The average molecular weight is 291 g/mol. The zero-order valence-corrected chi connectivity index (χ0v) is 11.4. The van der Waals surface area contributed by atoms with Gasteiger partial charge in [-0.3, -0.25) is 0 Å². The highest BCUT2D eigenvalue weighted by Crippen LogP contribution is 2.22. The van der Waals surface area contributed by atoms with Crippen LogP contribution in [0.15, 0.2) is 4.42 Å². The van der Waals surface area contributed by atoms with Crippen LogP contribution in [0.5, 0.6) is 0 Å². The Hall–Kier alpha value is -1.23. The zero-order valence-electron chi connectivity index (χ0n) is 10.5. The normalized spacial score (nSPS) is 19.7. The largest absolute Gasteiger partial charge is 0.406 e. The Labute approximate surface area is 111 Å². The second-order valence-electron chi connectivity index (χ2n) is 4.09. The minimum Gasteiger partial charge on any atom is -0.406 e.